The van der Waals surface area contributed by atoms with Crippen molar-refractivity contribution in [3.63, 3.8) is 0 Å². The zero-order chi connectivity index (χ0) is 17.3. The number of hydrogen-bond donors (Lipinski definition) is 2. The minimum atomic E-state index is -3.63. The van der Waals surface area contributed by atoms with Crippen LogP contribution in [-0.4, -0.2) is 70.9 Å². The number of aliphatic carboxylic acids is 1. The van der Waals surface area contributed by atoms with E-state index in [9.17, 15) is 18.3 Å². The molecule has 1 unspecified atom stereocenters. The van der Waals surface area contributed by atoms with Crippen LogP contribution in [0.1, 0.15) is 13.3 Å². The molecule has 0 saturated carbocycles. The van der Waals surface area contributed by atoms with E-state index in [1.165, 1.54) is 10.5 Å². The Kier molecular flexibility index (Phi) is 6.04. The van der Waals surface area contributed by atoms with Crippen molar-refractivity contribution in [2.24, 2.45) is 0 Å². The van der Waals surface area contributed by atoms with Crippen molar-refractivity contribution in [3.8, 4) is 0 Å². The van der Waals surface area contributed by atoms with Crippen LogP contribution in [0, 0.1) is 0 Å². The molecule has 2 N–H and O–H groups in total. The van der Waals surface area contributed by atoms with Crippen LogP contribution in [0.3, 0.4) is 0 Å². The van der Waals surface area contributed by atoms with Crippen LogP contribution in [0.2, 0.25) is 0 Å². The van der Waals surface area contributed by atoms with Crippen molar-refractivity contribution in [3.05, 3.63) is 24.5 Å². The molecule has 1 atom stereocenters. The number of fused-ring (bicyclic) bond motifs is 1. The van der Waals surface area contributed by atoms with Crippen molar-refractivity contribution in [1.82, 2.24) is 19.2 Å². The second kappa shape index (κ2) is 7.69. The molecule has 1 fully saturated rings. The van der Waals surface area contributed by atoms with Gasteiger partial charge >= 0.3 is 5.97 Å². The van der Waals surface area contributed by atoms with Gasteiger partial charge in [0.05, 0.1) is 0 Å². The quantitative estimate of drug-likeness (QED) is 0.795. The maximum Gasteiger partial charge on any atom is 0.320 e. The molecule has 0 aliphatic carbocycles. The lowest BCUT2D eigenvalue weighted by molar-refractivity contribution is -0.143. The summed E-state index contributed by atoms with van der Waals surface area (Å²) in [6.45, 7) is 3.19. The largest absolute Gasteiger partial charge is 0.480 e. The van der Waals surface area contributed by atoms with Gasteiger partial charge in [0, 0.05) is 44.0 Å². The van der Waals surface area contributed by atoms with Crippen LogP contribution in [0.15, 0.2) is 29.4 Å². The van der Waals surface area contributed by atoms with Crippen LogP contribution < -0.4 is 0 Å². The van der Waals surface area contributed by atoms with E-state index in [1.807, 2.05) is 11.8 Å². The SMILES string of the molecule is CCC(C(=O)O)N1CCN(S(=O)(=O)c2c[nH]c3ncccc23)CC1.Cl. The Morgan fingerprint density at radius 1 is 1.36 bits per heavy atom. The fraction of sp³-hybridized carbons (Fsp3) is 0.467. The van der Waals surface area contributed by atoms with E-state index in [2.05, 4.69) is 9.97 Å². The number of hydrogen-bond acceptors (Lipinski definition) is 5. The van der Waals surface area contributed by atoms with Crippen LogP contribution in [-0.2, 0) is 14.8 Å². The lowest BCUT2D eigenvalue weighted by atomic mass is 10.1. The first-order chi connectivity index (χ1) is 11.4. The molecule has 1 aliphatic rings. The third kappa shape index (κ3) is 3.64. The number of rotatable bonds is 5. The summed E-state index contributed by atoms with van der Waals surface area (Å²) in [4.78, 5) is 20.3. The summed E-state index contributed by atoms with van der Waals surface area (Å²) >= 11 is 0. The van der Waals surface area contributed by atoms with Gasteiger partial charge in [-0.1, -0.05) is 6.92 Å². The lowest BCUT2D eigenvalue weighted by Crippen LogP contribution is -2.53. The van der Waals surface area contributed by atoms with E-state index < -0.39 is 22.0 Å². The molecule has 2 aromatic heterocycles. The molecule has 8 nitrogen and oxygen atoms in total. The molecule has 10 heteroatoms. The Labute approximate surface area is 152 Å². The number of nitrogens with zero attached hydrogens (tertiary/aromatic N) is 3. The lowest BCUT2D eigenvalue weighted by Gasteiger charge is -2.36. The van der Waals surface area contributed by atoms with Gasteiger partial charge < -0.3 is 10.1 Å². The van der Waals surface area contributed by atoms with Gasteiger partial charge in [-0.3, -0.25) is 9.69 Å². The average Bonchev–Trinajstić information content (AvgIpc) is 3.00. The van der Waals surface area contributed by atoms with Crippen LogP contribution in [0.25, 0.3) is 11.0 Å². The van der Waals surface area contributed by atoms with E-state index in [0.29, 0.717) is 30.5 Å². The van der Waals surface area contributed by atoms with Gasteiger partial charge in [-0.25, -0.2) is 13.4 Å². The molecule has 0 spiro atoms. The summed E-state index contributed by atoms with van der Waals surface area (Å²) in [6, 6.07) is 2.86. The third-order valence-corrected chi connectivity index (χ3v) is 6.36. The van der Waals surface area contributed by atoms with Crippen LogP contribution in [0.5, 0.6) is 0 Å². The number of H-pyrrole nitrogens is 1. The van der Waals surface area contributed by atoms with Gasteiger partial charge in [-0.15, -0.1) is 12.4 Å². The van der Waals surface area contributed by atoms with E-state index in [-0.39, 0.29) is 30.4 Å². The molecule has 0 bridgehead atoms. The molecule has 1 saturated heterocycles. The fourth-order valence-corrected chi connectivity index (χ4v) is 4.70. The van der Waals surface area contributed by atoms with Crippen LogP contribution >= 0.6 is 12.4 Å². The highest BCUT2D eigenvalue weighted by Crippen LogP contribution is 2.25. The highest BCUT2D eigenvalue weighted by molar-refractivity contribution is 7.89. The second-order valence-electron chi connectivity index (χ2n) is 5.75. The number of carbonyl (C=O) groups is 1. The number of sulfonamides is 1. The summed E-state index contributed by atoms with van der Waals surface area (Å²) < 4.78 is 27.2. The summed E-state index contributed by atoms with van der Waals surface area (Å²) in [5.74, 6) is -0.864. The first-order valence-electron chi connectivity index (χ1n) is 7.84. The Hall–Kier alpha value is -1.68. The number of aromatic nitrogens is 2. The number of aromatic amines is 1. The molecule has 138 valence electrons. The molecule has 3 heterocycles. The molecule has 0 amide bonds. The molecular weight excluding hydrogens is 368 g/mol. The highest BCUT2D eigenvalue weighted by Gasteiger charge is 2.33. The first kappa shape index (κ1) is 19.6. The Morgan fingerprint density at radius 2 is 2.04 bits per heavy atom. The predicted octanol–water partition coefficient (Wildman–Crippen LogP) is 1.15. The Bertz CT molecular complexity index is 846. The zero-order valence-corrected chi connectivity index (χ0v) is 15.4. The maximum absolute atomic E-state index is 12.9. The summed E-state index contributed by atoms with van der Waals surface area (Å²) in [7, 11) is -3.63. The molecule has 25 heavy (non-hydrogen) atoms. The van der Waals surface area contributed by atoms with E-state index >= 15 is 0 Å². The minimum Gasteiger partial charge on any atom is -0.480 e. The van der Waals surface area contributed by atoms with Crippen molar-refractivity contribution >= 4 is 39.4 Å². The first-order valence-corrected chi connectivity index (χ1v) is 9.28. The monoisotopic (exact) mass is 388 g/mol. The van der Waals surface area contributed by atoms with Crippen molar-refractivity contribution in [1.29, 1.82) is 0 Å². The standard InChI is InChI=1S/C15H20N4O4S.ClH/c1-2-12(15(20)21)18-6-8-19(9-7-18)24(22,23)13-10-17-14-11(13)4-3-5-16-14;/h3-5,10,12H,2,6-9H2,1H3,(H,16,17)(H,20,21);1H. The van der Waals surface area contributed by atoms with Gasteiger partial charge in [0.25, 0.3) is 0 Å². The number of halogens is 1. The second-order valence-corrected chi connectivity index (χ2v) is 7.66. The molecule has 1 aliphatic heterocycles. The molecule has 0 radical (unpaired) electrons. The van der Waals surface area contributed by atoms with Gasteiger partial charge in [0.15, 0.2) is 0 Å². The van der Waals surface area contributed by atoms with E-state index in [1.54, 1.807) is 18.3 Å². The van der Waals surface area contributed by atoms with Crippen molar-refractivity contribution < 1.29 is 18.3 Å². The number of nitrogens with one attached hydrogen (secondary N) is 1. The predicted molar refractivity (Wildman–Crippen MR) is 95.4 cm³/mol. The topological polar surface area (TPSA) is 107 Å². The molecule has 0 aromatic carbocycles. The number of carboxylic acid groups (broad SMARTS) is 1. The van der Waals surface area contributed by atoms with Gasteiger partial charge in [0.2, 0.25) is 10.0 Å². The summed E-state index contributed by atoms with van der Waals surface area (Å²) in [6.07, 6.45) is 3.56. The minimum absolute atomic E-state index is 0. The van der Waals surface area contributed by atoms with Gasteiger partial charge in [-0.05, 0) is 18.6 Å². The Morgan fingerprint density at radius 3 is 2.64 bits per heavy atom. The number of carboxylic acids is 1. The normalized spacial score (nSPS) is 18.0. The maximum atomic E-state index is 12.9. The number of piperazine rings is 1. The van der Waals surface area contributed by atoms with E-state index in [4.69, 9.17) is 0 Å². The number of pyridine rings is 1. The Balaban J connectivity index is 0.00000225. The molecule has 3 rings (SSSR count). The summed E-state index contributed by atoms with van der Waals surface area (Å²) in [5.41, 5.74) is 0.534. The van der Waals surface area contributed by atoms with Gasteiger partial charge in [0.1, 0.15) is 16.6 Å². The van der Waals surface area contributed by atoms with Gasteiger partial charge in [-0.2, -0.15) is 4.31 Å². The smallest absolute Gasteiger partial charge is 0.320 e. The van der Waals surface area contributed by atoms with Crippen molar-refractivity contribution in [2.75, 3.05) is 26.2 Å². The van der Waals surface area contributed by atoms with E-state index in [0.717, 1.165) is 0 Å². The summed E-state index contributed by atoms with van der Waals surface area (Å²) in [5, 5.41) is 9.80. The van der Waals surface area contributed by atoms with Crippen LogP contribution in [0.4, 0.5) is 0 Å². The third-order valence-electron chi connectivity index (χ3n) is 4.42. The van der Waals surface area contributed by atoms with Crippen molar-refractivity contribution in [2.45, 2.75) is 24.3 Å². The highest BCUT2D eigenvalue weighted by atomic mass is 35.5. The molecule has 2 aromatic rings. The molecular formula is C15H21ClN4O4S. The zero-order valence-electron chi connectivity index (χ0n) is 13.8. The fourth-order valence-electron chi connectivity index (χ4n) is 3.13. The average molecular weight is 389 g/mol.